The number of carbonyl (C=O) groups is 2. The van der Waals surface area contributed by atoms with Crippen LogP contribution in [0.25, 0.3) is 0 Å². The van der Waals surface area contributed by atoms with Gasteiger partial charge in [0.2, 0.25) is 5.91 Å². The average molecular weight is 424 g/mol. The number of rotatable bonds is 8. The highest BCUT2D eigenvalue weighted by molar-refractivity contribution is 7.92. The molecule has 154 valence electrons. The van der Waals surface area contributed by atoms with Crippen molar-refractivity contribution in [2.45, 2.75) is 11.3 Å². The largest absolute Gasteiger partial charge is 0.370 e. The van der Waals surface area contributed by atoms with Gasteiger partial charge >= 0.3 is 0 Å². The molecule has 0 aliphatic carbocycles. The minimum absolute atomic E-state index is 0.0257. The molecule has 30 heavy (non-hydrogen) atoms. The number of anilines is 2. The molecule has 2 amide bonds. The van der Waals surface area contributed by atoms with E-state index in [0.29, 0.717) is 16.9 Å². The lowest BCUT2D eigenvalue weighted by Crippen LogP contribution is -2.34. The van der Waals surface area contributed by atoms with Gasteiger partial charge in [0.05, 0.1) is 10.6 Å². The summed E-state index contributed by atoms with van der Waals surface area (Å²) < 4.78 is 27.5. The number of benzene rings is 2. The van der Waals surface area contributed by atoms with Crippen molar-refractivity contribution >= 4 is 33.2 Å². The van der Waals surface area contributed by atoms with E-state index < -0.39 is 15.9 Å². The molecule has 3 aromatic rings. The highest BCUT2D eigenvalue weighted by Gasteiger charge is 2.25. The van der Waals surface area contributed by atoms with Gasteiger partial charge in [0, 0.05) is 36.6 Å². The Morgan fingerprint density at radius 3 is 2.17 bits per heavy atom. The number of nitrogens with zero attached hydrogens (tertiary/aromatic N) is 2. The number of hydrogen-bond acceptors (Lipinski definition) is 5. The molecule has 0 fully saturated rings. The van der Waals surface area contributed by atoms with Crippen LogP contribution in [0.1, 0.15) is 16.8 Å². The Labute approximate surface area is 174 Å². The Balaban J connectivity index is 1.83. The quantitative estimate of drug-likeness (QED) is 0.575. The number of para-hydroxylation sites is 1. The third-order valence-corrected chi connectivity index (χ3v) is 6.09. The number of sulfonamides is 1. The van der Waals surface area contributed by atoms with Gasteiger partial charge in [-0.05, 0) is 48.5 Å². The van der Waals surface area contributed by atoms with Gasteiger partial charge in [0.25, 0.3) is 15.9 Å². The second kappa shape index (κ2) is 9.19. The lowest BCUT2D eigenvalue weighted by Gasteiger charge is -2.24. The molecule has 0 spiro atoms. The van der Waals surface area contributed by atoms with Gasteiger partial charge in [-0.3, -0.25) is 18.9 Å². The number of pyridine rings is 1. The molecule has 0 atom stereocenters. The molecule has 0 aliphatic heterocycles. The zero-order chi connectivity index (χ0) is 21.6. The molecule has 1 aromatic heterocycles. The van der Waals surface area contributed by atoms with E-state index in [1.54, 1.807) is 42.5 Å². The van der Waals surface area contributed by atoms with Crippen molar-refractivity contribution in [3.8, 4) is 0 Å². The summed E-state index contributed by atoms with van der Waals surface area (Å²) in [5.41, 5.74) is 6.51. The first-order valence-electron chi connectivity index (χ1n) is 9.05. The molecule has 0 unspecified atom stereocenters. The van der Waals surface area contributed by atoms with Crippen molar-refractivity contribution in [2.75, 3.05) is 16.2 Å². The smallest absolute Gasteiger partial charge is 0.264 e. The normalized spacial score (nSPS) is 10.9. The maximum Gasteiger partial charge on any atom is 0.264 e. The van der Waals surface area contributed by atoms with Crippen molar-refractivity contribution in [3.63, 3.8) is 0 Å². The zero-order valence-electron chi connectivity index (χ0n) is 15.9. The summed E-state index contributed by atoms with van der Waals surface area (Å²) in [6.07, 6.45) is 2.90. The number of nitrogens with two attached hydrogens (primary N) is 1. The molecule has 2 aromatic carbocycles. The van der Waals surface area contributed by atoms with Crippen LogP contribution in [0, 0.1) is 0 Å². The van der Waals surface area contributed by atoms with E-state index in [4.69, 9.17) is 5.73 Å². The number of nitrogens with one attached hydrogen (secondary N) is 1. The Bertz CT molecular complexity index is 1120. The van der Waals surface area contributed by atoms with Gasteiger partial charge in [0.15, 0.2) is 0 Å². The number of amides is 2. The summed E-state index contributed by atoms with van der Waals surface area (Å²) in [5, 5.41) is 2.70. The van der Waals surface area contributed by atoms with E-state index in [2.05, 4.69) is 10.3 Å². The third-order valence-electron chi connectivity index (χ3n) is 4.25. The molecule has 0 aliphatic rings. The zero-order valence-corrected chi connectivity index (χ0v) is 16.7. The van der Waals surface area contributed by atoms with Gasteiger partial charge in [-0.1, -0.05) is 18.2 Å². The van der Waals surface area contributed by atoms with Crippen LogP contribution in [0.4, 0.5) is 11.4 Å². The minimum atomic E-state index is -3.94. The van der Waals surface area contributed by atoms with Gasteiger partial charge in [-0.2, -0.15) is 0 Å². The lowest BCUT2D eigenvalue weighted by molar-refractivity contribution is -0.117. The van der Waals surface area contributed by atoms with Crippen LogP contribution in [-0.2, 0) is 14.8 Å². The molecule has 0 radical (unpaired) electrons. The number of hydrogen-bond donors (Lipinski definition) is 2. The van der Waals surface area contributed by atoms with E-state index in [0.717, 1.165) is 4.31 Å². The van der Waals surface area contributed by atoms with E-state index >= 15 is 0 Å². The molecular weight excluding hydrogens is 404 g/mol. The maximum atomic E-state index is 13.2. The summed E-state index contributed by atoms with van der Waals surface area (Å²) in [7, 11) is -3.94. The van der Waals surface area contributed by atoms with Gasteiger partial charge in [0.1, 0.15) is 0 Å². The Morgan fingerprint density at radius 1 is 0.933 bits per heavy atom. The first-order valence-corrected chi connectivity index (χ1v) is 10.5. The molecule has 8 nitrogen and oxygen atoms in total. The molecule has 0 saturated heterocycles. The Kier molecular flexibility index (Phi) is 6.43. The lowest BCUT2D eigenvalue weighted by atomic mass is 10.2. The summed E-state index contributed by atoms with van der Waals surface area (Å²) in [5.74, 6) is -0.930. The predicted molar refractivity (Wildman–Crippen MR) is 113 cm³/mol. The van der Waals surface area contributed by atoms with Crippen molar-refractivity contribution in [3.05, 3.63) is 84.7 Å². The van der Waals surface area contributed by atoms with Crippen LogP contribution in [0.15, 0.2) is 84.0 Å². The molecule has 1 heterocycles. The van der Waals surface area contributed by atoms with Crippen LogP contribution in [0.2, 0.25) is 0 Å². The topological polar surface area (TPSA) is 122 Å². The fraction of sp³-hybridized carbons (Fsp3) is 0.0952. The van der Waals surface area contributed by atoms with Crippen molar-refractivity contribution in [2.24, 2.45) is 5.73 Å². The van der Waals surface area contributed by atoms with Crippen LogP contribution >= 0.6 is 0 Å². The van der Waals surface area contributed by atoms with Crippen molar-refractivity contribution in [1.29, 1.82) is 0 Å². The molecular formula is C21H20N4O4S. The van der Waals surface area contributed by atoms with Crippen molar-refractivity contribution in [1.82, 2.24) is 4.98 Å². The predicted octanol–water partition coefficient (Wildman–Crippen LogP) is 2.40. The summed E-state index contributed by atoms with van der Waals surface area (Å²) >= 11 is 0. The minimum Gasteiger partial charge on any atom is -0.370 e. The van der Waals surface area contributed by atoms with Crippen LogP contribution in [0.5, 0.6) is 0 Å². The van der Waals surface area contributed by atoms with Crippen molar-refractivity contribution < 1.29 is 18.0 Å². The second-order valence-corrected chi connectivity index (χ2v) is 8.21. The molecule has 0 saturated carbocycles. The summed E-state index contributed by atoms with van der Waals surface area (Å²) in [4.78, 5) is 27.3. The SMILES string of the molecule is NC(=O)CCN(c1ccccc1)S(=O)(=O)c1ccc(NC(=O)c2ccncc2)cc1. The number of primary amides is 1. The first-order chi connectivity index (χ1) is 14.4. The Morgan fingerprint density at radius 2 is 1.57 bits per heavy atom. The molecule has 9 heteroatoms. The van der Waals surface area contributed by atoms with Crippen LogP contribution in [0.3, 0.4) is 0 Å². The van der Waals surface area contributed by atoms with E-state index in [-0.39, 0.29) is 23.8 Å². The molecule has 0 bridgehead atoms. The molecule has 3 rings (SSSR count). The maximum absolute atomic E-state index is 13.2. The summed E-state index contributed by atoms with van der Waals surface area (Å²) in [6, 6.07) is 17.4. The van der Waals surface area contributed by atoms with E-state index in [1.807, 2.05) is 0 Å². The second-order valence-electron chi connectivity index (χ2n) is 6.34. The third kappa shape index (κ3) is 5.00. The standard InChI is InChI=1S/C21H20N4O4S/c22-20(26)12-15-25(18-4-2-1-3-5-18)30(28,29)19-8-6-17(7-9-19)24-21(27)16-10-13-23-14-11-16/h1-11,13-14H,12,15H2,(H2,22,26)(H,24,27). The van der Waals surface area contributed by atoms with E-state index in [9.17, 15) is 18.0 Å². The fourth-order valence-electron chi connectivity index (χ4n) is 2.74. The number of carbonyl (C=O) groups excluding carboxylic acids is 2. The van der Waals surface area contributed by atoms with Gasteiger partial charge in [-0.15, -0.1) is 0 Å². The fourth-order valence-corrected chi connectivity index (χ4v) is 4.20. The van der Waals surface area contributed by atoms with Gasteiger partial charge in [-0.25, -0.2) is 8.42 Å². The first kappa shape index (κ1) is 21.0. The van der Waals surface area contributed by atoms with Crippen LogP contribution in [-0.4, -0.2) is 31.8 Å². The summed E-state index contributed by atoms with van der Waals surface area (Å²) in [6.45, 7) is -0.0811. The van der Waals surface area contributed by atoms with Crippen LogP contribution < -0.4 is 15.4 Å². The van der Waals surface area contributed by atoms with Gasteiger partial charge < -0.3 is 11.1 Å². The van der Waals surface area contributed by atoms with E-state index in [1.165, 1.54) is 36.7 Å². The monoisotopic (exact) mass is 424 g/mol. The molecule has 3 N–H and O–H groups in total. The Hall–Kier alpha value is -3.72. The highest BCUT2D eigenvalue weighted by atomic mass is 32.2. The average Bonchev–Trinajstić information content (AvgIpc) is 2.75. The number of aromatic nitrogens is 1. The highest BCUT2D eigenvalue weighted by Crippen LogP contribution is 2.25.